The van der Waals surface area contributed by atoms with Crippen LogP contribution in [0.25, 0.3) is 0 Å². The summed E-state index contributed by atoms with van der Waals surface area (Å²) in [6.07, 6.45) is -4.33. The van der Waals surface area contributed by atoms with Crippen molar-refractivity contribution in [2.24, 2.45) is 11.8 Å². The quantitative estimate of drug-likeness (QED) is 0.686. The zero-order valence-electron chi connectivity index (χ0n) is 7.43. The maximum absolute atomic E-state index is 12.3. The predicted molar refractivity (Wildman–Crippen MR) is 45.2 cm³/mol. The molecule has 2 atom stereocenters. The van der Waals surface area contributed by atoms with E-state index >= 15 is 0 Å². The molecule has 0 aliphatic carbocycles. The average molecular weight is 234 g/mol. The van der Waals surface area contributed by atoms with Gasteiger partial charge in [0.15, 0.2) is 0 Å². The van der Waals surface area contributed by atoms with E-state index in [4.69, 9.17) is 0 Å². The molecule has 0 aromatic heterocycles. The average Bonchev–Trinajstić information content (AvgIpc) is 2.49. The number of alkyl halides is 3. The van der Waals surface area contributed by atoms with Gasteiger partial charge in [0, 0.05) is 13.1 Å². The SMILES string of the molecule is COC(=O)[C@H]1CNC[C@@H]1C(F)(F)F.Cl. The largest absolute Gasteiger partial charge is 0.469 e. The summed E-state index contributed by atoms with van der Waals surface area (Å²) in [6, 6.07) is 0. The standard InChI is InChI=1S/C7H10F3NO2.ClH/c1-13-6(12)4-2-11-3-5(4)7(8,9)10;/h4-5,11H,2-3H2,1H3;1H/t4-,5-;/m0./s1. The van der Waals surface area contributed by atoms with Gasteiger partial charge in [-0.25, -0.2) is 0 Å². The van der Waals surface area contributed by atoms with Crippen LogP contribution < -0.4 is 5.32 Å². The molecule has 1 fully saturated rings. The molecule has 1 rings (SSSR count). The van der Waals surface area contributed by atoms with Gasteiger partial charge in [0.05, 0.1) is 18.9 Å². The summed E-state index contributed by atoms with van der Waals surface area (Å²) >= 11 is 0. The van der Waals surface area contributed by atoms with Gasteiger partial charge in [-0.3, -0.25) is 4.79 Å². The lowest BCUT2D eigenvalue weighted by molar-refractivity contribution is -0.188. The van der Waals surface area contributed by atoms with E-state index in [1.165, 1.54) is 0 Å². The van der Waals surface area contributed by atoms with E-state index in [1.54, 1.807) is 0 Å². The number of methoxy groups -OCH3 is 1. The zero-order valence-corrected chi connectivity index (χ0v) is 8.24. The number of carbonyl (C=O) groups is 1. The van der Waals surface area contributed by atoms with E-state index < -0.39 is 24.0 Å². The van der Waals surface area contributed by atoms with E-state index in [-0.39, 0.29) is 25.5 Å². The minimum absolute atomic E-state index is 0. The minimum atomic E-state index is -4.33. The molecule has 0 aromatic carbocycles. The van der Waals surface area contributed by atoms with Gasteiger partial charge in [0.25, 0.3) is 0 Å². The fourth-order valence-corrected chi connectivity index (χ4v) is 1.42. The Hall–Kier alpha value is -0.490. The molecule has 1 aliphatic heterocycles. The summed E-state index contributed by atoms with van der Waals surface area (Å²) in [5, 5.41) is 2.52. The Labute approximate surface area is 85.4 Å². The second-order valence-corrected chi connectivity index (χ2v) is 2.94. The summed E-state index contributed by atoms with van der Waals surface area (Å²) in [5.41, 5.74) is 0. The molecule has 7 heteroatoms. The maximum atomic E-state index is 12.3. The highest BCUT2D eigenvalue weighted by Gasteiger charge is 2.50. The number of nitrogens with one attached hydrogen (secondary N) is 1. The van der Waals surface area contributed by atoms with Crippen molar-refractivity contribution in [3.05, 3.63) is 0 Å². The summed E-state index contributed by atoms with van der Waals surface area (Å²) < 4.78 is 41.1. The molecule has 0 unspecified atom stereocenters. The minimum Gasteiger partial charge on any atom is -0.469 e. The van der Waals surface area contributed by atoms with Crippen LogP contribution in [-0.2, 0) is 9.53 Å². The molecule has 1 N–H and O–H groups in total. The second-order valence-electron chi connectivity index (χ2n) is 2.94. The van der Waals surface area contributed by atoms with Crippen molar-refractivity contribution in [3.63, 3.8) is 0 Å². The third-order valence-electron chi connectivity index (χ3n) is 2.14. The molecule has 3 nitrogen and oxygen atoms in total. The number of esters is 1. The highest BCUT2D eigenvalue weighted by Crippen LogP contribution is 2.34. The predicted octanol–water partition coefficient (Wildman–Crippen LogP) is 0.979. The molecule has 14 heavy (non-hydrogen) atoms. The third-order valence-corrected chi connectivity index (χ3v) is 2.14. The number of ether oxygens (including phenoxy) is 1. The highest BCUT2D eigenvalue weighted by molar-refractivity contribution is 5.85. The Balaban J connectivity index is 0.00000169. The van der Waals surface area contributed by atoms with E-state index in [0.29, 0.717) is 0 Å². The lowest BCUT2D eigenvalue weighted by Gasteiger charge is -2.18. The van der Waals surface area contributed by atoms with Crippen LogP contribution in [0, 0.1) is 11.8 Å². The van der Waals surface area contributed by atoms with Crippen LogP contribution in [0.1, 0.15) is 0 Å². The van der Waals surface area contributed by atoms with Gasteiger partial charge in [0.1, 0.15) is 0 Å². The third kappa shape index (κ3) is 2.75. The van der Waals surface area contributed by atoms with Crippen molar-refractivity contribution in [2.45, 2.75) is 6.18 Å². The first-order chi connectivity index (χ1) is 5.96. The molecule has 0 amide bonds. The summed E-state index contributed by atoms with van der Waals surface area (Å²) in [7, 11) is 1.09. The molecule has 0 aromatic rings. The first kappa shape index (κ1) is 13.5. The molecular weight excluding hydrogens is 223 g/mol. The molecule has 1 saturated heterocycles. The summed E-state index contributed by atoms with van der Waals surface area (Å²) in [5.74, 6) is -3.50. The lowest BCUT2D eigenvalue weighted by Crippen LogP contribution is -2.34. The van der Waals surface area contributed by atoms with Crippen LogP contribution in [0.15, 0.2) is 0 Å². The van der Waals surface area contributed by atoms with Crippen molar-refractivity contribution in [2.75, 3.05) is 20.2 Å². The topological polar surface area (TPSA) is 38.3 Å². The van der Waals surface area contributed by atoms with Gasteiger partial charge >= 0.3 is 12.1 Å². The van der Waals surface area contributed by atoms with Gasteiger partial charge in [-0.15, -0.1) is 12.4 Å². The number of carbonyl (C=O) groups excluding carboxylic acids is 1. The summed E-state index contributed by atoms with van der Waals surface area (Å²) in [6.45, 7) is -0.167. The number of halogens is 4. The molecule has 0 saturated carbocycles. The monoisotopic (exact) mass is 233 g/mol. The van der Waals surface area contributed by atoms with Crippen LogP contribution in [0.3, 0.4) is 0 Å². The van der Waals surface area contributed by atoms with Crippen molar-refractivity contribution < 1.29 is 22.7 Å². The van der Waals surface area contributed by atoms with E-state index in [2.05, 4.69) is 10.1 Å². The van der Waals surface area contributed by atoms with Crippen LogP contribution in [0.5, 0.6) is 0 Å². The molecule has 1 heterocycles. The van der Waals surface area contributed by atoms with Crippen molar-refractivity contribution in [3.8, 4) is 0 Å². The Bertz CT molecular complexity index is 210. The lowest BCUT2D eigenvalue weighted by atomic mass is 9.96. The molecule has 1 aliphatic rings. The van der Waals surface area contributed by atoms with Gasteiger partial charge in [-0.05, 0) is 0 Å². The fourth-order valence-electron chi connectivity index (χ4n) is 1.42. The van der Waals surface area contributed by atoms with Crippen molar-refractivity contribution in [1.82, 2.24) is 5.32 Å². The smallest absolute Gasteiger partial charge is 0.393 e. The normalized spacial score (nSPS) is 26.9. The van der Waals surface area contributed by atoms with Crippen LogP contribution in [0.2, 0.25) is 0 Å². The number of rotatable bonds is 1. The zero-order chi connectivity index (χ0) is 10.1. The van der Waals surface area contributed by atoms with Gasteiger partial charge in [-0.2, -0.15) is 13.2 Å². The first-order valence-electron chi connectivity index (χ1n) is 3.82. The second kappa shape index (κ2) is 4.84. The van der Waals surface area contributed by atoms with E-state index in [0.717, 1.165) is 7.11 Å². The summed E-state index contributed by atoms with van der Waals surface area (Å²) in [4.78, 5) is 10.9. The van der Waals surface area contributed by atoms with Crippen LogP contribution in [-0.4, -0.2) is 32.3 Å². The van der Waals surface area contributed by atoms with Crippen molar-refractivity contribution >= 4 is 18.4 Å². The Morgan fingerprint density at radius 2 is 2.00 bits per heavy atom. The number of hydrogen-bond acceptors (Lipinski definition) is 3. The Morgan fingerprint density at radius 1 is 1.43 bits per heavy atom. The molecule has 84 valence electrons. The molecule has 0 spiro atoms. The highest BCUT2D eigenvalue weighted by atomic mass is 35.5. The van der Waals surface area contributed by atoms with Crippen LogP contribution >= 0.6 is 12.4 Å². The first-order valence-corrected chi connectivity index (χ1v) is 3.82. The van der Waals surface area contributed by atoms with Gasteiger partial charge in [0.2, 0.25) is 0 Å². The van der Waals surface area contributed by atoms with E-state index in [1.807, 2.05) is 0 Å². The number of hydrogen-bond donors (Lipinski definition) is 1. The van der Waals surface area contributed by atoms with Crippen LogP contribution in [0.4, 0.5) is 13.2 Å². The molecule has 0 bridgehead atoms. The Kier molecular flexibility index (Phi) is 4.67. The van der Waals surface area contributed by atoms with E-state index in [9.17, 15) is 18.0 Å². The van der Waals surface area contributed by atoms with Gasteiger partial charge in [-0.1, -0.05) is 0 Å². The fraction of sp³-hybridized carbons (Fsp3) is 0.857. The maximum Gasteiger partial charge on any atom is 0.393 e. The Morgan fingerprint density at radius 3 is 2.43 bits per heavy atom. The molecule has 0 radical (unpaired) electrons. The van der Waals surface area contributed by atoms with Crippen molar-refractivity contribution in [1.29, 1.82) is 0 Å². The molecular formula is C7H11ClF3NO2. The van der Waals surface area contributed by atoms with Gasteiger partial charge < -0.3 is 10.1 Å².